The van der Waals surface area contributed by atoms with Crippen molar-refractivity contribution in [1.82, 2.24) is 4.98 Å². The molecule has 0 saturated heterocycles. The Morgan fingerprint density at radius 2 is 2.12 bits per heavy atom. The van der Waals surface area contributed by atoms with Crippen LogP contribution >= 0.6 is 11.8 Å². The maximum absolute atomic E-state index is 10.8. The maximum atomic E-state index is 10.8. The molecule has 0 radical (unpaired) electrons. The highest BCUT2D eigenvalue weighted by Gasteiger charge is 2.07. The van der Waals surface area contributed by atoms with Gasteiger partial charge in [0.05, 0.1) is 5.75 Å². The van der Waals surface area contributed by atoms with E-state index in [2.05, 4.69) is 4.98 Å². The van der Waals surface area contributed by atoms with Crippen LogP contribution < -0.4 is 0 Å². The quantitative estimate of drug-likeness (QED) is 0.761. The lowest BCUT2D eigenvalue weighted by Crippen LogP contribution is -1.92. The molecule has 2 rings (SSSR count). The smallest absolute Gasteiger partial charge is 0.256 e. The van der Waals surface area contributed by atoms with Crippen molar-refractivity contribution >= 4 is 17.5 Å². The summed E-state index contributed by atoms with van der Waals surface area (Å²) in [4.78, 5) is 15.1. The SMILES string of the molecule is CC(=O)CSc1nc(-c2ccccc2)co1. The van der Waals surface area contributed by atoms with E-state index < -0.39 is 0 Å². The molecule has 2 aromatic rings. The fourth-order valence-corrected chi connectivity index (χ4v) is 1.83. The van der Waals surface area contributed by atoms with Gasteiger partial charge in [-0.1, -0.05) is 42.1 Å². The van der Waals surface area contributed by atoms with Crippen LogP contribution in [0.5, 0.6) is 0 Å². The van der Waals surface area contributed by atoms with Gasteiger partial charge < -0.3 is 4.42 Å². The van der Waals surface area contributed by atoms with E-state index in [0.29, 0.717) is 11.0 Å². The van der Waals surface area contributed by atoms with E-state index in [1.165, 1.54) is 11.8 Å². The van der Waals surface area contributed by atoms with Gasteiger partial charge in [0, 0.05) is 5.56 Å². The van der Waals surface area contributed by atoms with Crippen LogP contribution in [0.1, 0.15) is 6.92 Å². The summed E-state index contributed by atoms with van der Waals surface area (Å²) in [6.45, 7) is 1.55. The zero-order chi connectivity index (χ0) is 11.4. The average Bonchev–Trinajstić information content (AvgIpc) is 2.76. The molecule has 0 fully saturated rings. The van der Waals surface area contributed by atoms with Crippen LogP contribution in [0.2, 0.25) is 0 Å². The lowest BCUT2D eigenvalue weighted by Gasteiger charge is -1.92. The molecule has 0 aliphatic rings. The topological polar surface area (TPSA) is 43.1 Å². The van der Waals surface area contributed by atoms with E-state index in [1.54, 1.807) is 13.2 Å². The van der Waals surface area contributed by atoms with Crippen molar-refractivity contribution < 1.29 is 9.21 Å². The molecule has 82 valence electrons. The maximum Gasteiger partial charge on any atom is 0.256 e. The zero-order valence-corrected chi connectivity index (χ0v) is 9.66. The largest absolute Gasteiger partial charge is 0.439 e. The van der Waals surface area contributed by atoms with Crippen LogP contribution in [-0.2, 0) is 4.79 Å². The molecular weight excluding hydrogens is 222 g/mol. The Bertz CT molecular complexity index is 479. The predicted octanol–water partition coefficient (Wildman–Crippen LogP) is 3.02. The van der Waals surface area contributed by atoms with E-state index in [0.717, 1.165) is 11.3 Å². The van der Waals surface area contributed by atoms with Gasteiger partial charge in [-0.15, -0.1) is 0 Å². The van der Waals surface area contributed by atoms with Gasteiger partial charge in [-0.2, -0.15) is 0 Å². The standard InChI is InChI=1S/C12H11NO2S/c1-9(14)8-16-12-13-11(7-15-12)10-5-3-2-4-6-10/h2-7H,8H2,1H3. The Balaban J connectivity index is 2.11. The molecule has 0 unspecified atom stereocenters. The van der Waals surface area contributed by atoms with Gasteiger partial charge in [0.1, 0.15) is 17.7 Å². The first-order chi connectivity index (χ1) is 7.75. The predicted molar refractivity (Wildman–Crippen MR) is 63.3 cm³/mol. The molecule has 0 amide bonds. The Kier molecular flexibility index (Phi) is 3.41. The van der Waals surface area contributed by atoms with Gasteiger partial charge in [-0.25, -0.2) is 4.98 Å². The van der Waals surface area contributed by atoms with E-state index >= 15 is 0 Å². The molecule has 1 aromatic heterocycles. The van der Waals surface area contributed by atoms with E-state index in [4.69, 9.17) is 4.42 Å². The number of ketones is 1. The van der Waals surface area contributed by atoms with Gasteiger partial charge >= 0.3 is 0 Å². The summed E-state index contributed by atoms with van der Waals surface area (Å²) in [5, 5.41) is 0.536. The summed E-state index contributed by atoms with van der Waals surface area (Å²) in [5.74, 6) is 0.513. The van der Waals surface area contributed by atoms with Crippen molar-refractivity contribution in [3.8, 4) is 11.3 Å². The van der Waals surface area contributed by atoms with Crippen molar-refractivity contribution in [2.45, 2.75) is 12.1 Å². The van der Waals surface area contributed by atoms with Crippen LogP contribution in [-0.4, -0.2) is 16.5 Å². The Morgan fingerprint density at radius 1 is 1.38 bits per heavy atom. The third kappa shape index (κ3) is 2.73. The molecule has 0 atom stereocenters. The van der Waals surface area contributed by atoms with E-state index in [1.807, 2.05) is 30.3 Å². The summed E-state index contributed by atoms with van der Waals surface area (Å²) in [5.41, 5.74) is 1.81. The first-order valence-corrected chi connectivity index (χ1v) is 5.87. The Labute approximate surface area is 97.9 Å². The molecule has 16 heavy (non-hydrogen) atoms. The zero-order valence-electron chi connectivity index (χ0n) is 8.84. The second-order valence-electron chi connectivity index (χ2n) is 3.36. The number of oxazole rings is 1. The van der Waals surface area contributed by atoms with Gasteiger partial charge in [0.15, 0.2) is 0 Å². The van der Waals surface area contributed by atoms with Crippen LogP contribution in [0, 0.1) is 0 Å². The number of hydrogen-bond acceptors (Lipinski definition) is 4. The monoisotopic (exact) mass is 233 g/mol. The Morgan fingerprint density at radius 3 is 2.81 bits per heavy atom. The summed E-state index contributed by atoms with van der Waals surface area (Å²) >= 11 is 1.32. The molecular formula is C12H11NO2S. The third-order valence-electron chi connectivity index (χ3n) is 1.95. The molecule has 0 bridgehead atoms. The van der Waals surface area contributed by atoms with Gasteiger partial charge in [0.2, 0.25) is 0 Å². The lowest BCUT2D eigenvalue weighted by atomic mass is 10.2. The minimum Gasteiger partial charge on any atom is -0.439 e. The highest BCUT2D eigenvalue weighted by molar-refractivity contribution is 7.99. The third-order valence-corrected chi connectivity index (χ3v) is 2.94. The molecule has 3 nitrogen and oxygen atoms in total. The van der Waals surface area contributed by atoms with Crippen LogP contribution in [0.15, 0.2) is 46.2 Å². The highest BCUT2D eigenvalue weighted by Crippen LogP contribution is 2.23. The lowest BCUT2D eigenvalue weighted by molar-refractivity contribution is -0.114. The van der Waals surface area contributed by atoms with Crippen molar-refractivity contribution in [3.05, 3.63) is 36.6 Å². The number of aromatic nitrogens is 1. The molecule has 0 saturated carbocycles. The summed E-state index contributed by atoms with van der Waals surface area (Å²) in [6, 6.07) is 9.79. The fraction of sp³-hybridized carbons (Fsp3) is 0.167. The van der Waals surface area contributed by atoms with E-state index in [-0.39, 0.29) is 5.78 Å². The minimum atomic E-state index is 0.115. The number of carbonyl (C=O) groups excluding carboxylic acids is 1. The molecule has 0 aliphatic heterocycles. The number of rotatable bonds is 4. The van der Waals surface area contributed by atoms with Gasteiger partial charge in [-0.05, 0) is 6.92 Å². The highest BCUT2D eigenvalue weighted by atomic mass is 32.2. The van der Waals surface area contributed by atoms with Crippen molar-refractivity contribution in [2.24, 2.45) is 0 Å². The van der Waals surface area contributed by atoms with Gasteiger partial charge in [-0.3, -0.25) is 4.79 Å². The number of hydrogen-bond donors (Lipinski definition) is 0. The number of carbonyl (C=O) groups is 1. The summed E-state index contributed by atoms with van der Waals surface area (Å²) in [6.07, 6.45) is 1.61. The molecule has 1 heterocycles. The van der Waals surface area contributed by atoms with Crippen molar-refractivity contribution in [2.75, 3.05) is 5.75 Å². The molecule has 0 aliphatic carbocycles. The number of benzene rings is 1. The first kappa shape index (κ1) is 11.0. The summed E-state index contributed by atoms with van der Waals surface area (Å²) < 4.78 is 5.27. The van der Waals surface area contributed by atoms with Crippen LogP contribution in [0.25, 0.3) is 11.3 Å². The molecule has 1 aromatic carbocycles. The van der Waals surface area contributed by atoms with Gasteiger partial charge in [0.25, 0.3) is 5.22 Å². The number of Topliss-reactive ketones (excluding diaryl/α,β-unsaturated/α-hetero) is 1. The second kappa shape index (κ2) is 4.99. The number of nitrogens with zero attached hydrogens (tertiary/aromatic N) is 1. The molecule has 4 heteroatoms. The minimum absolute atomic E-state index is 0.115. The van der Waals surface area contributed by atoms with E-state index in [9.17, 15) is 4.79 Å². The average molecular weight is 233 g/mol. The molecule has 0 spiro atoms. The summed E-state index contributed by atoms with van der Waals surface area (Å²) in [7, 11) is 0. The second-order valence-corrected chi connectivity index (χ2v) is 4.28. The molecule has 0 N–H and O–H groups in total. The first-order valence-electron chi connectivity index (χ1n) is 4.89. The normalized spacial score (nSPS) is 10.3. The van der Waals surface area contributed by atoms with Crippen LogP contribution in [0.4, 0.5) is 0 Å². The fourth-order valence-electron chi connectivity index (χ4n) is 1.23. The van der Waals surface area contributed by atoms with Crippen LogP contribution in [0.3, 0.4) is 0 Å². The Hall–Kier alpha value is -1.55. The number of thioether (sulfide) groups is 1. The van der Waals surface area contributed by atoms with Crippen molar-refractivity contribution in [3.63, 3.8) is 0 Å². The van der Waals surface area contributed by atoms with Crippen molar-refractivity contribution in [1.29, 1.82) is 0 Å².